The van der Waals surface area contributed by atoms with Gasteiger partial charge in [0.05, 0.1) is 0 Å². The molecule has 0 spiro atoms. The van der Waals surface area contributed by atoms with Crippen molar-refractivity contribution in [3.05, 3.63) is 176 Å². The van der Waals surface area contributed by atoms with Gasteiger partial charge in [0, 0.05) is 53.4 Å². The maximum atomic E-state index is 6.56. The second-order valence-electron chi connectivity index (χ2n) is 12.5. The molecule has 0 atom stereocenters. The van der Waals surface area contributed by atoms with E-state index in [9.17, 15) is 0 Å². The third kappa shape index (κ3) is 4.62. The van der Waals surface area contributed by atoms with Gasteiger partial charge in [-0.15, -0.1) is 11.3 Å². The molecule has 0 saturated carbocycles. The molecule has 0 bridgehead atoms. The summed E-state index contributed by atoms with van der Waals surface area (Å²) >= 11 is 1.85. The van der Waals surface area contributed by atoms with Gasteiger partial charge in [-0.2, -0.15) is 0 Å². The average molecular weight is 644 g/mol. The maximum Gasteiger partial charge on any atom is 0.143 e. The number of hydrogen-bond donors (Lipinski definition) is 0. The van der Waals surface area contributed by atoms with Crippen molar-refractivity contribution in [2.45, 2.75) is 0 Å². The molecule has 10 rings (SSSR count). The first-order chi connectivity index (χ1) is 24.3. The second-order valence-corrected chi connectivity index (χ2v) is 13.6. The van der Waals surface area contributed by atoms with Crippen LogP contribution in [0, 0.1) is 0 Å². The molecule has 10 aromatic rings. The summed E-state index contributed by atoms with van der Waals surface area (Å²) in [6.07, 6.45) is 0. The molecule has 0 radical (unpaired) electrons. The maximum absolute atomic E-state index is 6.56. The Bertz CT molecular complexity index is 2810. The van der Waals surface area contributed by atoms with Crippen molar-refractivity contribution in [1.29, 1.82) is 0 Å². The number of hydrogen-bond acceptors (Lipinski definition) is 3. The highest BCUT2D eigenvalue weighted by molar-refractivity contribution is 7.26. The van der Waals surface area contributed by atoms with Gasteiger partial charge in [-0.3, -0.25) is 0 Å². The van der Waals surface area contributed by atoms with E-state index in [0.29, 0.717) is 0 Å². The van der Waals surface area contributed by atoms with E-state index in [4.69, 9.17) is 4.42 Å². The Balaban J connectivity index is 1.16. The summed E-state index contributed by atoms with van der Waals surface area (Å²) in [5.41, 5.74) is 10.0. The lowest BCUT2D eigenvalue weighted by atomic mass is 10.0. The monoisotopic (exact) mass is 643 g/mol. The third-order valence-electron chi connectivity index (χ3n) is 9.65. The zero-order valence-electron chi connectivity index (χ0n) is 26.5. The van der Waals surface area contributed by atoms with Crippen molar-refractivity contribution in [1.82, 2.24) is 0 Å². The number of fused-ring (bicyclic) bond motifs is 9. The summed E-state index contributed by atoms with van der Waals surface area (Å²) in [6.45, 7) is 0. The number of nitrogens with zero attached hydrogens (tertiary/aromatic N) is 1. The molecule has 0 N–H and O–H groups in total. The minimum Gasteiger partial charge on any atom is -0.455 e. The topological polar surface area (TPSA) is 16.4 Å². The number of thiophene rings is 1. The summed E-state index contributed by atoms with van der Waals surface area (Å²) in [6, 6.07) is 63.1. The summed E-state index contributed by atoms with van der Waals surface area (Å²) < 4.78 is 9.07. The Morgan fingerprint density at radius 2 is 1.04 bits per heavy atom. The van der Waals surface area contributed by atoms with E-state index in [1.165, 1.54) is 58.6 Å². The molecule has 2 nitrogen and oxygen atoms in total. The van der Waals surface area contributed by atoms with Crippen LogP contribution in [-0.2, 0) is 0 Å². The molecule has 230 valence electrons. The van der Waals surface area contributed by atoms with Crippen LogP contribution in [0.3, 0.4) is 0 Å². The number of rotatable bonds is 5. The van der Waals surface area contributed by atoms with E-state index < -0.39 is 0 Å². The molecule has 0 amide bonds. The normalized spacial score (nSPS) is 11.7. The Labute approximate surface area is 287 Å². The quantitative estimate of drug-likeness (QED) is 0.186. The lowest BCUT2D eigenvalue weighted by molar-refractivity contribution is 0.673. The number of furan rings is 1. The standard InChI is InChI=1S/C46H29NOS/c1-3-10-30(11-4-1)32-18-21-35(22-19-32)47(36-16-9-15-34(28-36)31-12-5-2-6-13-31)37-23-25-39-43(29-37)49-42-27-26-41-44(45(39)42)40-24-20-33-14-7-8-17-38(33)46(40)48-41/h1-29H. The molecule has 0 fully saturated rings. The van der Waals surface area contributed by atoms with Crippen molar-refractivity contribution >= 4 is 81.3 Å². The molecular formula is C46H29NOS. The Morgan fingerprint density at radius 3 is 1.86 bits per heavy atom. The van der Waals surface area contributed by atoms with E-state index in [0.717, 1.165) is 33.6 Å². The summed E-state index contributed by atoms with van der Waals surface area (Å²) in [5.74, 6) is 0. The summed E-state index contributed by atoms with van der Waals surface area (Å²) in [4.78, 5) is 2.38. The molecular weight excluding hydrogens is 615 g/mol. The molecule has 0 aliphatic carbocycles. The van der Waals surface area contributed by atoms with Crippen LogP contribution in [0.5, 0.6) is 0 Å². The molecule has 49 heavy (non-hydrogen) atoms. The minimum atomic E-state index is 0.931. The zero-order valence-corrected chi connectivity index (χ0v) is 27.3. The van der Waals surface area contributed by atoms with Crippen LogP contribution in [0.25, 0.3) is 75.1 Å². The number of benzene rings is 8. The lowest BCUT2D eigenvalue weighted by Gasteiger charge is -2.26. The third-order valence-corrected chi connectivity index (χ3v) is 10.8. The predicted octanol–water partition coefficient (Wildman–Crippen LogP) is 13.9. The van der Waals surface area contributed by atoms with E-state index in [1.807, 2.05) is 11.3 Å². The Morgan fingerprint density at radius 1 is 0.388 bits per heavy atom. The summed E-state index contributed by atoms with van der Waals surface area (Å²) in [7, 11) is 0. The van der Waals surface area contributed by atoms with Crippen LogP contribution in [0.4, 0.5) is 17.1 Å². The van der Waals surface area contributed by atoms with Crippen molar-refractivity contribution in [3.63, 3.8) is 0 Å². The smallest absolute Gasteiger partial charge is 0.143 e. The van der Waals surface area contributed by atoms with E-state index in [1.54, 1.807) is 0 Å². The van der Waals surface area contributed by atoms with Crippen molar-refractivity contribution in [2.75, 3.05) is 4.90 Å². The van der Waals surface area contributed by atoms with Gasteiger partial charge in [-0.05, 0) is 82.2 Å². The zero-order chi connectivity index (χ0) is 32.3. The molecule has 2 heterocycles. The summed E-state index contributed by atoms with van der Waals surface area (Å²) in [5, 5.41) is 7.23. The van der Waals surface area contributed by atoms with Crippen molar-refractivity contribution in [2.24, 2.45) is 0 Å². The Hall–Kier alpha value is -6.16. The van der Waals surface area contributed by atoms with Gasteiger partial charge in [0.2, 0.25) is 0 Å². The van der Waals surface area contributed by atoms with Gasteiger partial charge in [0.1, 0.15) is 11.2 Å². The van der Waals surface area contributed by atoms with Crippen LogP contribution in [0.1, 0.15) is 0 Å². The predicted molar refractivity (Wildman–Crippen MR) is 210 cm³/mol. The van der Waals surface area contributed by atoms with Gasteiger partial charge in [0.25, 0.3) is 0 Å². The molecule has 8 aromatic carbocycles. The highest BCUT2D eigenvalue weighted by atomic mass is 32.1. The highest BCUT2D eigenvalue weighted by Gasteiger charge is 2.19. The largest absolute Gasteiger partial charge is 0.455 e. The fourth-order valence-electron chi connectivity index (χ4n) is 7.32. The minimum absolute atomic E-state index is 0.931. The van der Waals surface area contributed by atoms with E-state index in [-0.39, 0.29) is 0 Å². The SMILES string of the molecule is c1ccc(-c2ccc(N(c3cccc(-c4ccccc4)c3)c3ccc4c(c3)sc3ccc5oc6c7ccccc7ccc6c5c34)cc2)cc1. The van der Waals surface area contributed by atoms with E-state index >= 15 is 0 Å². The average Bonchev–Trinajstić information content (AvgIpc) is 3.74. The molecule has 0 unspecified atom stereocenters. The van der Waals surface area contributed by atoms with Crippen LogP contribution >= 0.6 is 11.3 Å². The van der Waals surface area contributed by atoms with Crippen LogP contribution in [-0.4, -0.2) is 0 Å². The van der Waals surface area contributed by atoms with Crippen molar-refractivity contribution < 1.29 is 4.42 Å². The van der Waals surface area contributed by atoms with Gasteiger partial charge < -0.3 is 9.32 Å². The first kappa shape index (κ1) is 27.9. The fourth-order valence-corrected chi connectivity index (χ4v) is 8.47. The van der Waals surface area contributed by atoms with Gasteiger partial charge in [-0.1, -0.05) is 121 Å². The number of anilines is 3. The van der Waals surface area contributed by atoms with Crippen LogP contribution in [0.2, 0.25) is 0 Å². The highest BCUT2D eigenvalue weighted by Crippen LogP contribution is 2.46. The van der Waals surface area contributed by atoms with Gasteiger partial charge in [0.15, 0.2) is 0 Å². The van der Waals surface area contributed by atoms with Gasteiger partial charge in [-0.25, -0.2) is 0 Å². The first-order valence-electron chi connectivity index (χ1n) is 16.6. The molecule has 3 heteroatoms. The second kappa shape index (κ2) is 11.2. The van der Waals surface area contributed by atoms with Crippen LogP contribution in [0.15, 0.2) is 180 Å². The fraction of sp³-hybridized carbons (Fsp3) is 0. The van der Waals surface area contributed by atoms with E-state index in [2.05, 4.69) is 181 Å². The van der Waals surface area contributed by atoms with Crippen molar-refractivity contribution in [3.8, 4) is 22.3 Å². The molecule has 0 aliphatic rings. The first-order valence-corrected chi connectivity index (χ1v) is 17.4. The van der Waals surface area contributed by atoms with Gasteiger partial charge >= 0.3 is 0 Å². The lowest BCUT2D eigenvalue weighted by Crippen LogP contribution is -2.09. The molecule has 0 aliphatic heterocycles. The van der Waals surface area contributed by atoms with Crippen LogP contribution < -0.4 is 4.90 Å². The Kier molecular flexibility index (Phi) is 6.39. The molecule has 2 aromatic heterocycles. The molecule has 0 saturated heterocycles.